The van der Waals surface area contributed by atoms with Gasteiger partial charge in [0, 0.05) is 5.69 Å². The van der Waals surface area contributed by atoms with Gasteiger partial charge < -0.3 is 5.73 Å². The Morgan fingerprint density at radius 1 is 1.23 bits per heavy atom. The summed E-state index contributed by atoms with van der Waals surface area (Å²) in [4.78, 5) is 0. The maximum Gasteiger partial charge on any atom is 0.0314 e. The van der Waals surface area contributed by atoms with E-state index in [1.165, 1.54) is 31.2 Å². The standard InChI is InChI=1S/C12H17N/c1-2-12(7-8-12)9-10-3-5-11(13)6-4-10/h3-6H,2,7-9,13H2,1H3. The molecule has 1 saturated carbocycles. The van der Waals surface area contributed by atoms with E-state index in [0.29, 0.717) is 5.41 Å². The molecule has 0 atom stereocenters. The lowest BCUT2D eigenvalue weighted by atomic mass is 9.94. The molecule has 1 nitrogen and oxygen atoms in total. The van der Waals surface area contributed by atoms with Crippen LogP contribution in [0.15, 0.2) is 24.3 Å². The molecule has 1 aliphatic rings. The Morgan fingerprint density at radius 2 is 1.85 bits per heavy atom. The number of hydrogen-bond acceptors (Lipinski definition) is 1. The van der Waals surface area contributed by atoms with Crippen molar-refractivity contribution >= 4 is 5.69 Å². The monoisotopic (exact) mass is 175 g/mol. The maximum atomic E-state index is 5.64. The summed E-state index contributed by atoms with van der Waals surface area (Å²) in [5, 5.41) is 0. The zero-order chi connectivity index (χ0) is 9.31. The number of rotatable bonds is 3. The quantitative estimate of drug-likeness (QED) is 0.702. The first-order valence-electron chi connectivity index (χ1n) is 5.08. The molecule has 1 aromatic carbocycles. The van der Waals surface area contributed by atoms with Crippen molar-refractivity contribution in [2.24, 2.45) is 5.41 Å². The third kappa shape index (κ3) is 1.85. The molecular weight excluding hydrogens is 158 g/mol. The van der Waals surface area contributed by atoms with Gasteiger partial charge in [-0.05, 0) is 42.4 Å². The predicted octanol–water partition coefficient (Wildman–Crippen LogP) is 3.00. The van der Waals surface area contributed by atoms with E-state index in [1.807, 2.05) is 12.1 Å². The van der Waals surface area contributed by atoms with E-state index in [-0.39, 0.29) is 0 Å². The minimum atomic E-state index is 0.649. The molecule has 0 radical (unpaired) electrons. The molecule has 1 fully saturated rings. The summed E-state index contributed by atoms with van der Waals surface area (Å²) in [5.41, 5.74) is 8.59. The maximum absolute atomic E-state index is 5.64. The first kappa shape index (κ1) is 8.61. The van der Waals surface area contributed by atoms with Gasteiger partial charge in [0.1, 0.15) is 0 Å². The molecule has 1 heteroatoms. The van der Waals surface area contributed by atoms with Crippen LogP contribution in [0.5, 0.6) is 0 Å². The zero-order valence-corrected chi connectivity index (χ0v) is 8.22. The molecule has 0 aliphatic heterocycles. The van der Waals surface area contributed by atoms with Crippen LogP contribution in [0.4, 0.5) is 5.69 Å². The van der Waals surface area contributed by atoms with E-state index in [9.17, 15) is 0 Å². The Kier molecular flexibility index (Phi) is 2.03. The van der Waals surface area contributed by atoms with Crippen LogP contribution in [0.1, 0.15) is 31.7 Å². The second-order valence-corrected chi connectivity index (χ2v) is 4.27. The summed E-state index contributed by atoms with van der Waals surface area (Å²) in [5.74, 6) is 0. The van der Waals surface area contributed by atoms with Crippen LogP contribution < -0.4 is 5.73 Å². The van der Waals surface area contributed by atoms with Crippen molar-refractivity contribution in [3.8, 4) is 0 Å². The largest absolute Gasteiger partial charge is 0.399 e. The molecule has 0 saturated heterocycles. The Bertz CT molecular complexity index is 282. The molecule has 0 spiro atoms. The van der Waals surface area contributed by atoms with Crippen molar-refractivity contribution in [3.63, 3.8) is 0 Å². The Morgan fingerprint density at radius 3 is 2.31 bits per heavy atom. The molecule has 2 rings (SSSR count). The summed E-state index contributed by atoms with van der Waals surface area (Å²) in [7, 11) is 0. The molecule has 0 unspecified atom stereocenters. The van der Waals surface area contributed by atoms with Crippen LogP contribution in [0, 0.1) is 5.41 Å². The Balaban J connectivity index is 2.06. The van der Waals surface area contributed by atoms with Crippen LogP contribution in [-0.4, -0.2) is 0 Å². The highest BCUT2D eigenvalue weighted by atomic mass is 14.5. The Labute approximate surface area is 80.0 Å². The van der Waals surface area contributed by atoms with Crippen LogP contribution in [0.3, 0.4) is 0 Å². The molecule has 13 heavy (non-hydrogen) atoms. The highest BCUT2D eigenvalue weighted by Crippen LogP contribution is 2.51. The van der Waals surface area contributed by atoms with Gasteiger partial charge in [0.25, 0.3) is 0 Å². The van der Waals surface area contributed by atoms with Crippen molar-refractivity contribution in [1.82, 2.24) is 0 Å². The van der Waals surface area contributed by atoms with Crippen molar-refractivity contribution in [1.29, 1.82) is 0 Å². The van der Waals surface area contributed by atoms with Crippen LogP contribution in [0.2, 0.25) is 0 Å². The first-order chi connectivity index (χ1) is 6.24. The van der Waals surface area contributed by atoms with E-state index in [4.69, 9.17) is 5.73 Å². The van der Waals surface area contributed by atoms with E-state index in [1.54, 1.807) is 0 Å². The van der Waals surface area contributed by atoms with Crippen molar-refractivity contribution < 1.29 is 0 Å². The fraction of sp³-hybridized carbons (Fsp3) is 0.500. The summed E-state index contributed by atoms with van der Waals surface area (Å²) in [6, 6.07) is 8.32. The minimum Gasteiger partial charge on any atom is -0.399 e. The summed E-state index contributed by atoms with van der Waals surface area (Å²) in [6.45, 7) is 2.30. The van der Waals surface area contributed by atoms with Gasteiger partial charge in [0.15, 0.2) is 0 Å². The predicted molar refractivity (Wildman–Crippen MR) is 56.5 cm³/mol. The van der Waals surface area contributed by atoms with E-state index < -0.39 is 0 Å². The molecule has 0 amide bonds. The SMILES string of the molecule is CCC1(Cc2ccc(N)cc2)CC1. The molecule has 1 aromatic rings. The van der Waals surface area contributed by atoms with Crippen molar-refractivity contribution in [2.75, 3.05) is 5.73 Å². The highest BCUT2D eigenvalue weighted by Gasteiger charge is 2.40. The van der Waals surface area contributed by atoms with Crippen molar-refractivity contribution in [2.45, 2.75) is 32.6 Å². The van der Waals surface area contributed by atoms with Gasteiger partial charge in [-0.25, -0.2) is 0 Å². The normalized spacial score (nSPS) is 18.5. The molecule has 0 aromatic heterocycles. The fourth-order valence-corrected chi connectivity index (χ4v) is 1.90. The third-order valence-corrected chi connectivity index (χ3v) is 3.27. The third-order valence-electron chi connectivity index (χ3n) is 3.27. The number of anilines is 1. The minimum absolute atomic E-state index is 0.649. The Hall–Kier alpha value is -0.980. The van der Waals surface area contributed by atoms with Gasteiger partial charge in [-0.2, -0.15) is 0 Å². The van der Waals surface area contributed by atoms with Crippen LogP contribution >= 0.6 is 0 Å². The fourth-order valence-electron chi connectivity index (χ4n) is 1.90. The second-order valence-electron chi connectivity index (χ2n) is 4.27. The van der Waals surface area contributed by atoms with Crippen molar-refractivity contribution in [3.05, 3.63) is 29.8 Å². The molecule has 2 N–H and O–H groups in total. The molecule has 0 bridgehead atoms. The molecule has 1 aliphatic carbocycles. The van der Waals surface area contributed by atoms with E-state index in [2.05, 4.69) is 19.1 Å². The average Bonchev–Trinajstić information content (AvgIpc) is 2.90. The molecule has 0 heterocycles. The van der Waals surface area contributed by atoms with Gasteiger partial charge in [0.05, 0.1) is 0 Å². The second kappa shape index (κ2) is 3.06. The lowest BCUT2D eigenvalue weighted by Crippen LogP contribution is -2.02. The molecular formula is C12H17N. The molecule has 70 valence electrons. The zero-order valence-electron chi connectivity index (χ0n) is 8.22. The lowest BCUT2D eigenvalue weighted by Gasteiger charge is -2.11. The summed E-state index contributed by atoms with van der Waals surface area (Å²) >= 11 is 0. The van der Waals surface area contributed by atoms with E-state index >= 15 is 0 Å². The van der Waals surface area contributed by atoms with Gasteiger partial charge in [-0.3, -0.25) is 0 Å². The topological polar surface area (TPSA) is 26.0 Å². The smallest absolute Gasteiger partial charge is 0.0314 e. The van der Waals surface area contributed by atoms with Gasteiger partial charge in [-0.15, -0.1) is 0 Å². The number of hydrogen-bond donors (Lipinski definition) is 1. The number of nitrogens with two attached hydrogens (primary N) is 1. The van der Waals surface area contributed by atoms with Gasteiger partial charge in [0.2, 0.25) is 0 Å². The lowest BCUT2D eigenvalue weighted by molar-refractivity contribution is 0.488. The summed E-state index contributed by atoms with van der Waals surface area (Å²) < 4.78 is 0. The average molecular weight is 175 g/mol. The first-order valence-corrected chi connectivity index (χ1v) is 5.08. The van der Waals surface area contributed by atoms with Crippen LogP contribution in [0.25, 0.3) is 0 Å². The van der Waals surface area contributed by atoms with Gasteiger partial charge >= 0.3 is 0 Å². The van der Waals surface area contributed by atoms with Crippen LogP contribution in [-0.2, 0) is 6.42 Å². The van der Waals surface area contributed by atoms with E-state index in [0.717, 1.165) is 5.69 Å². The number of benzene rings is 1. The summed E-state index contributed by atoms with van der Waals surface area (Å²) in [6.07, 6.45) is 5.38. The highest BCUT2D eigenvalue weighted by molar-refractivity contribution is 5.39. The number of nitrogen functional groups attached to an aromatic ring is 1. The van der Waals surface area contributed by atoms with Gasteiger partial charge in [-0.1, -0.05) is 25.5 Å².